The van der Waals surface area contributed by atoms with Crippen molar-refractivity contribution < 1.29 is 23.7 Å². The van der Waals surface area contributed by atoms with E-state index in [0.29, 0.717) is 24.4 Å². The van der Waals surface area contributed by atoms with Crippen molar-refractivity contribution in [2.45, 2.75) is 77.8 Å². The van der Waals surface area contributed by atoms with Gasteiger partial charge < -0.3 is 18.9 Å². The molecule has 4 aliphatic rings. The molecule has 0 unspecified atom stereocenters. The third-order valence-electron chi connectivity index (χ3n) is 7.63. The topological polar surface area (TPSA) is 54.0 Å². The number of carbonyl (C=O) groups is 1. The van der Waals surface area contributed by atoms with E-state index in [2.05, 4.69) is 13.8 Å². The quantitative estimate of drug-likeness (QED) is 0.712. The van der Waals surface area contributed by atoms with Crippen LogP contribution in [0, 0.1) is 29.1 Å². The second-order valence-corrected chi connectivity index (χ2v) is 9.19. The van der Waals surface area contributed by atoms with Crippen LogP contribution in [0.5, 0.6) is 0 Å². The lowest BCUT2D eigenvalue weighted by Gasteiger charge is -2.54. The molecule has 0 N–H and O–H groups in total. The fraction of sp³-hybridized carbons (Fsp3) is 0.952. The summed E-state index contributed by atoms with van der Waals surface area (Å²) in [4.78, 5) is 12.2. The van der Waals surface area contributed by atoms with E-state index in [1.807, 2.05) is 6.92 Å². The van der Waals surface area contributed by atoms with E-state index in [4.69, 9.17) is 18.9 Å². The van der Waals surface area contributed by atoms with Crippen LogP contribution in [0.2, 0.25) is 0 Å². The lowest BCUT2D eigenvalue weighted by atomic mass is 9.52. The molecule has 0 radical (unpaired) electrons. The Kier molecular flexibility index (Phi) is 5.32. The zero-order chi connectivity index (χ0) is 18.3. The first kappa shape index (κ1) is 18.7. The van der Waals surface area contributed by atoms with Crippen molar-refractivity contribution in [1.82, 2.24) is 0 Å². The summed E-state index contributed by atoms with van der Waals surface area (Å²) in [6, 6.07) is 0. The van der Waals surface area contributed by atoms with E-state index in [1.165, 1.54) is 6.42 Å². The maximum atomic E-state index is 12.2. The van der Waals surface area contributed by atoms with Crippen LogP contribution < -0.4 is 0 Å². The Hall–Kier alpha value is -0.650. The molecule has 0 spiro atoms. The highest BCUT2D eigenvalue weighted by molar-refractivity contribution is 5.75. The van der Waals surface area contributed by atoms with Crippen LogP contribution in [-0.2, 0) is 23.7 Å². The molecule has 7 atom stereocenters. The van der Waals surface area contributed by atoms with Crippen molar-refractivity contribution in [2.75, 3.05) is 19.8 Å². The lowest BCUT2D eigenvalue weighted by molar-refractivity contribution is -0.194. The largest absolute Gasteiger partial charge is 0.462 e. The highest BCUT2D eigenvalue weighted by Crippen LogP contribution is 2.58. The fourth-order valence-electron chi connectivity index (χ4n) is 6.05. The van der Waals surface area contributed by atoms with Gasteiger partial charge in [0, 0.05) is 18.3 Å². The highest BCUT2D eigenvalue weighted by atomic mass is 16.7. The molecule has 4 rings (SSSR count). The Balaban J connectivity index is 1.38. The van der Waals surface area contributed by atoms with Crippen LogP contribution in [0.15, 0.2) is 0 Å². The second kappa shape index (κ2) is 7.40. The summed E-state index contributed by atoms with van der Waals surface area (Å²) in [5.41, 5.74) is 0.278. The van der Waals surface area contributed by atoms with Crippen LogP contribution in [0.3, 0.4) is 0 Å². The zero-order valence-electron chi connectivity index (χ0n) is 16.4. The number of rotatable bonds is 4. The molecule has 0 bridgehead atoms. The summed E-state index contributed by atoms with van der Waals surface area (Å²) in [6.07, 6.45) is 6.59. The number of carbonyl (C=O) groups excluding carboxylic acids is 1. The van der Waals surface area contributed by atoms with Crippen LogP contribution in [0.1, 0.15) is 59.3 Å². The molecule has 148 valence electrons. The molecule has 2 saturated heterocycles. The Bertz CT molecular complexity index is 517. The van der Waals surface area contributed by atoms with Crippen LogP contribution in [0.25, 0.3) is 0 Å². The van der Waals surface area contributed by atoms with Gasteiger partial charge in [-0.15, -0.1) is 0 Å². The van der Waals surface area contributed by atoms with Gasteiger partial charge in [-0.1, -0.05) is 20.8 Å². The van der Waals surface area contributed by atoms with Crippen LogP contribution in [0.4, 0.5) is 0 Å². The first-order valence-corrected chi connectivity index (χ1v) is 10.5. The van der Waals surface area contributed by atoms with Gasteiger partial charge in [0.1, 0.15) is 6.10 Å². The molecule has 0 aromatic rings. The maximum Gasteiger partial charge on any atom is 0.309 e. The summed E-state index contributed by atoms with van der Waals surface area (Å²) in [5, 5.41) is 0. The first-order valence-electron chi connectivity index (χ1n) is 10.5. The molecule has 2 aliphatic carbocycles. The minimum absolute atomic E-state index is 0.00564. The molecule has 2 saturated carbocycles. The van der Waals surface area contributed by atoms with E-state index in [0.717, 1.165) is 45.3 Å². The first-order chi connectivity index (χ1) is 12.5. The number of esters is 1. The normalized spacial score (nSPS) is 46.5. The van der Waals surface area contributed by atoms with Gasteiger partial charge in [0.2, 0.25) is 0 Å². The Labute approximate surface area is 157 Å². The molecule has 2 aliphatic heterocycles. The SMILES string of the molecule is C[C@@H]1[C@H]2[C@H]3OC(=O)[C@@H](C)[C@@H]3CC[C@@]2(C)CC[C@@H]1OCCC1OCCCO1. The Morgan fingerprint density at radius 2 is 1.88 bits per heavy atom. The van der Waals surface area contributed by atoms with Crippen LogP contribution >= 0.6 is 0 Å². The Morgan fingerprint density at radius 3 is 2.65 bits per heavy atom. The van der Waals surface area contributed by atoms with Gasteiger partial charge in [-0.05, 0) is 43.4 Å². The third-order valence-corrected chi connectivity index (χ3v) is 7.63. The monoisotopic (exact) mass is 366 g/mol. The molecule has 0 aromatic heterocycles. The van der Waals surface area contributed by atoms with E-state index >= 15 is 0 Å². The van der Waals surface area contributed by atoms with E-state index in [1.54, 1.807) is 0 Å². The molecule has 26 heavy (non-hydrogen) atoms. The van der Waals surface area contributed by atoms with Crippen molar-refractivity contribution in [3.8, 4) is 0 Å². The van der Waals surface area contributed by atoms with Gasteiger partial charge in [0.25, 0.3) is 0 Å². The molecule has 5 heteroatoms. The van der Waals surface area contributed by atoms with Crippen molar-refractivity contribution >= 4 is 5.97 Å². The van der Waals surface area contributed by atoms with Gasteiger partial charge in [0.05, 0.1) is 31.8 Å². The Morgan fingerprint density at radius 1 is 1.15 bits per heavy atom. The van der Waals surface area contributed by atoms with Gasteiger partial charge in [0.15, 0.2) is 6.29 Å². The molecule has 4 fully saturated rings. The summed E-state index contributed by atoms with van der Waals surface area (Å²) >= 11 is 0. The zero-order valence-corrected chi connectivity index (χ0v) is 16.4. The van der Waals surface area contributed by atoms with Gasteiger partial charge in [-0.3, -0.25) is 4.79 Å². The van der Waals surface area contributed by atoms with Crippen molar-refractivity contribution in [1.29, 1.82) is 0 Å². The number of hydrogen-bond donors (Lipinski definition) is 0. The molecule has 0 aromatic carbocycles. The van der Waals surface area contributed by atoms with Crippen molar-refractivity contribution in [3.63, 3.8) is 0 Å². The summed E-state index contributed by atoms with van der Waals surface area (Å²) < 4.78 is 23.4. The smallest absolute Gasteiger partial charge is 0.309 e. The number of hydrogen-bond acceptors (Lipinski definition) is 5. The van der Waals surface area contributed by atoms with Crippen molar-refractivity contribution in [3.05, 3.63) is 0 Å². The van der Waals surface area contributed by atoms with Gasteiger partial charge >= 0.3 is 5.97 Å². The molecular formula is C21H34O5. The number of ether oxygens (including phenoxy) is 4. The molecule has 2 heterocycles. The highest BCUT2D eigenvalue weighted by Gasteiger charge is 2.58. The molecular weight excluding hydrogens is 332 g/mol. The van der Waals surface area contributed by atoms with E-state index in [9.17, 15) is 4.79 Å². The standard InChI is InChI=1S/C21H34O5/c1-13-15-5-8-21(3)9-6-16(14(2)18(21)19(15)26-20(13)22)23-12-7-17-24-10-4-11-25-17/h13-19H,4-12H2,1-3H3/t13-,14-,15-,16-,18-,19-,21-/m0/s1. The van der Waals surface area contributed by atoms with Crippen LogP contribution in [-0.4, -0.2) is 44.3 Å². The summed E-state index contributed by atoms with van der Waals surface area (Å²) in [6.45, 7) is 9.00. The average molecular weight is 366 g/mol. The predicted molar refractivity (Wildman–Crippen MR) is 96.4 cm³/mol. The number of fused-ring (bicyclic) bond motifs is 3. The van der Waals surface area contributed by atoms with Gasteiger partial charge in [-0.2, -0.15) is 0 Å². The minimum Gasteiger partial charge on any atom is -0.462 e. The van der Waals surface area contributed by atoms with E-state index in [-0.39, 0.29) is 35.8 Å². The average Bonchev–Trinajstić information content (AvgIpc) is 2.92. The molecule has 0 amide bonds. The summed E-state index contributed by atoms with van der Waals surface area (Å²) in [5.74, 6) is 1.28. The summed E-state index contributed by atoms with van der Waals surface area (Å²) in [7, 11) is 0. The van der Waals surface area contributed by atoms with Crippen molar-refractivity contribution in [2.24, 2.45) is 29.1 Å². The second-order valence-electron chi connectivity index (χ2n) is 9.19. The lowest BCUT2D eigenvalue weighted by Crippen LogP contribution is -2.53. The van der Waals surface area contributed by atoms with Gasteiger partial charge in [-0.25, -0.2) is 0 Å². The van der Waals surface area contributed by atoms with E-state index < -0.39 is 0 Å². The molecule has 5 nitrogen and oxygen atoms in total. The third kappa shape index (κ3) is 3.31. The minimum atomic E-state index is -0.108. The fourth-order valence-corrected chi connectivity index (χ4v) is 6.05. The maximum absolute atomic E-state index is 12.2. The predicted octanol–water partition coefficient (Wildman–Crippen LogP) is 3.55.